The number of rotatable bonds is 5. The van der Waals surface area contributed by atoms with Crippen molar-refractivity contribution in [1.29, 1.82) is 0 Å². The number of ether oxygens (including phenoxy) is 1. The summed E-state index contributed by atoms with van der Waals surface area (Å²) in [5.41, 5.74) is 6.15. The number of aromatic nitrogens is 1. The first-order valence-corrected chi connectivity index (χ1v) is 6.27. The molecule has 2 rings (SSSR count). The average Bonchev–Trinajstić information content (AvgIpc) is 2.91. The number of fused-ring (bicyclic) bond motifs is 1. The van der Waals surface area contributed by atoms with Gasteiger partial charge >= 0.3 is 5.97 Å². The van der Waals surface area contributed by atoms with E-state index in [4.69, 9.17) is 10.5 Å². The third kappa shape index (κ3) is 3.04. The van der Waals surface area contributed by atoms with E-state index in [1.165, 1.54) is 13.2 Å². The van der Waals surface area contributed by atoms with Crippen LogP contribution in [0.2, 0.25) is 0 Å². The van der Waals surface area contributed by atoms with E-state index in [1.54, 1.807) is 18.3 Å². The van der Waals surface area contributed by atoms with Crippen LogP contribution >= 0.6 is 0 Å². The first-order valence-electron chi connectivity index (χ1n) is 6.27. The molecule has 1 amide bonds. The highest BCUT2D eigenvalue weighted by molar-refractivity contribution is 6.04. The first kappa shape index (κ1) is 15.0. The summed E-state index contributed by atoms with van der Waals surface area (Å²) in [6.45, 7) is 0. The van der Waals surface area contributed by atoms with Crippen LogP contribution in [0.4, 0.5) is 0 Å². The Kier molecular flexibility index (Phi) is 4.25. The van der Waals surface area contributed by atoms with Crippen molar-refractivity contribution in [3.05, 3.63) is 35.5 Å². The van der Waals surface area contributed by atoms with Crippen molar-refractivity contribution in [3.63, 3.8) is 0 Å². The lowest BCUT2D eigenvalue weighted by Gasteiger charge is -2.17. The maximum atomic E-state index is 11.8. The Hall–Kier alpha value is -2.38. The number of primary amides is 1. The SMILES string of the molecule is COC(=O)c1cc(C(O)C(O)CC(N)=O)cc2[nH]ccc12. The second-order valence-corrected chi connectivity index (χ2v) is 4.68. The minimum Gasteiger partial charge on any atom is -0.465 e. The molecule has 2 unspecified atom stereocenters. The number of aromatic amines is 1. The Morgan fingerprint density at radius 2 is 2.10 bits per heavy atom. The van der Waals surface area contributed by atoms with Gasteiger partial charge in [0.1, 0.15) is 6.10 Å². The Bertz CT molecular complexity index is 679. The van der Waals surface area contributed by atoms with Gasteiger partial charge in [0.2, 0.25) is 5.91 Å². The smallest absolute Gasteiger partial charge is 0.338 e. The van der Waals surface area contributed by atoms with Crippen molar-refractivity contribution in [2.24, 2.45) is 5.73 Å². The van der Waals surface area contributed by atoms with Crippen molar-refractivity contribution >= 4 is 22.8 Å². The lowest BCUT2D eigenvalue weighted by atomic mass is 9.98. The van der Waals surface area contributed by atoms with Crippen molar-refractivity contribution < 1.29 is 24.5 Å². The molecule has 2 atom stereocenters. The lowest BCUT2D eigenvalue weighted by molar-refractivity contribution is -0.121. The lowest BCUT2D eigenvalue weighted by Crippen LogP contribution is -2.25. The van der Waals surface area contributed by atoms with Crippen LogP contribution in [0.3, 0.4) is 0 Å². The number of aliphatic hydroxyl groups excluding tert-OH is 2. The van der Waals surface area contributed by atoms with Crippen LogP contribution in [0.25, 0.3) is 10.9 Å². The van der Waals surface area contributed by atoms with Crippen LogP contribution in [-0.2, 0) is 9.53 Å². The summed E-state index contributed by atoms with van der Waals surface area (Å²) in [6, 6.07) is 4.73. The van der Waals surface area contributed by atoms with Gasteiger partial charge in [-0.25, -0.2) is 4.79 Å². The normalized spacial score (nSPS) is 13.9. The van der Waals surface area contributed by atoms with Crippen LogP contribution in [0, 0.1) is 0 Å². The van der Waals surface area contributed by atoms with Gasteiger partial charge in [-0.3, -0.25) is 4.79 Å². The molecule has 0 bridgehead atoms. The van der Waals surface area contributed by atoms with Gasteiger partial charge in [0.05, 0.1) is 25.2 Å². The van der Waals surface area contributed by atoms with E-state index < -0.39 is 24.1 Å². The number of aliphatic hydroxyl groups is 2. The minimum absolute atomic E-state index is 0.261. The molecule has 0 aliphatic rings. The second-order valence-electron chi connectivity index (χ2n) is 4.68. The average molecular weight is 292 g/mol. The van der Waals surface area contributed by atoms with Crippen molar-refractivity contribution in [2.75, 3.05) is 7.11 Å². The number of methoxy groups -OCH3 is 1. The summed E-state index contributed by atoms with van der Waals surface area (Å²) in [4.78, 5) is 25.5. The zero-order valence-corrected chi connectivity index (χ0v) is 11.4. The number of carbonyl (C=O) groups is 2. The molecule has 21 heavy (non-hydrogen) atoms. The summed E-state index contributed by atoms with van der Waals surface area (Å²) in [7, 11) is 1.26. The fraction of sp³-hybridized carbons (Fsp3) is 0.286. The number of esters is 1. The molecule has 0 saturated carbocycles. The molecule has 1 aromatic heterocycles. The van der Waals surface area contributed by atoms with E-state index in [2.05, 4.69) is 4.98 Å². The van der Waals surface area contributed by atoms with E-state index >= 15 is 0 Å². The quantitative estimate of drug-likeness (QED) is 0.587. The molecule has 112 valence electrons. The third-order valence-electron chi connectivity index (χ3n) is 3.21. The number of nitrogens with one attached hydrogen (secondary N) is 1. The molecule has 0 spiro atoms. The van der Waals surface area contributed by atoms with Crippen LogP contribution in [0.5, 0.6) is 0 Å². The van der Waals surface area contributed by atoms with Gasteiger partial charge in [-0.05, 0) is 23.8 Å². The van der Waals surface area contributed by atoms with E-state index in [0.717, 1.165) is 0 Å². The van der Waals surface area contributed by atoms with Gasteiger partial charge in [0, 0.05) is 17.1 Å². The van der Waals surface area contributed by atoms with Crippen LogP contribution in [0.15, 0.2) is 24.4 Å². The van der Waals surface area contributed by atoms with Gasteiger partial charge < -0.3 is 25.7 Å². The van der Waals surface area contributed by atoms with E-state index in [1.807, 2.05) is 0 Å². The van der Waals surface area contributed by atoms with Gasteiger partial charge in [0.25, 0.3) is 0 Å². The van der Waals surface area contributed by atoms with Crippen molar-refractivity contribution in [3.8, 4) is 0 Å². The van der Waals surface area contributed by atoms with Crippen LogP contribution in [-0.4, -0.2) is 40.3 Å². The number of hydrogen-bond acceptors (Lipinski definition) is 5. The molecule has 2 aromatic rings. The predicted molar refractivity (Wildman–Crippen MR) is 74.4 cm³/mol. The number of carbonyl (C=O) groups excluding carboxylic acids is 2. The van der Waals surface area contributed by atoms with Crippen molar-refractivity contribution in [1.82, 2.24) is 4.98 Å². The monoisotopic (exact) mass is 292 g/mol. The second kappa shape index (κ2) is 5.94. The van der Waals surface area contributed by atoms with E-state index in [0.29, 0.717) is 16.5 Å². The van der Waals surface area contributed by atoms with Crippen LogP contribution < -0.4 is 5.73 Å². The number of nitrogens with two attached hydrogens (primary N) is 1. The summed E-state index contributed by atoms with van der Waals surface area (Å²) in [5.74, 6) is -1.28. The molecule has 1 heterocycles. The molecule has 0 radical (unpaired) electrons. The number of hydrogen-bond donors (Lipinski definition) is 4. The fourth-order valence-corrected chi connectivity index (χ4v) is 2.18. The Labute approximate surface area is 120 Å². The molecule has 7 heteroatoms. The summed E-state index contributed by atoms with van der Waals surface area (Å²) in [6.07, 6.45) is -1.42. The minimum atomic E-state index is -1.35. The Morgan fingerprint density at radius 1 is 1.38 bits per heavy atom. The van der Waals surface area contributed by atoms with Gasteiger partial charge in [-0.1, -0.05) is 0 Å². The molecule has 1 aromatic carbocycles. The zero-order chi connectivity index (χ0) is 15.6. The zero-order valence-electron chi connectivity index (χ0n) is 11.4. The third-order valence-corrected chi connectivity index (χ3v) is 3.21. The Balaban J connectivity index is 2.44. The molecule has 5 N–H and O–H groups in total. The highest BCUT2D eigenvalue weighted by Gasteiger charge is 2.23. The van der Waals surface area contributed by atoms with Crippen molar-refractivity contribution in [2.45, 2.75) is 18.6 Å². The largest absolute Gasteiger partial charge is 0.465 e. The van der Waals surface area contributed by atoms with E-state index in [9.17, 15) is 19.8 Å². The number of benzene rings is 1. The molecule has 0 aliphatic carbocycles. The molecule has 0 saturated heterocycles. The summed E-state index contributed by atoms with van der Waals surface area (Å²) < 4.78 is 4.70. The summed E-state index contributed by atoms with van der Waals surface area (Å²) >= 11 is 0. The van der Waals surface area contributed by atoms with Gasteiger partial charge in [-0.2, -0.15) is 0 Å². The molecule has 0 fully saturated rings. The standard InChI is InChI=1S/C14H16N2O5/c1-21-14(20)9-4-7(5-10-8(9)2-3-16-10)13(19)11(17)6-12(15)18/h2-5,11,13,16-17,19H,6H2,1H3,(H2,15,18). The molecule has 7 nitrogen and oxygen atoms in total. The molecule has 0 aliphatic heterocycles. The highest BCUT2D eigenvalue weighted by atomic mass is 16.5. The summed E-state index contributed by atoms with van der Waals surface area (Å²) in [5, 5.41) is 20.5. The topological polar surface area (TPSA) is 126 Å². The Morgan fingerprint density at radius 3 is 2.71 bits per heavy atom. The fourth-order valence-electron chi connectivity index (χ4n) is 2.18. The molecular weight excluding hydrogens is 276 g/mol. The van der Waals surface area contributed by atoms with Crippen LogP contribution in [0.1, 0.15) is 28.4 Å². The molecular formula is C14H16N2O5. The van der Waals surface area contributed by atoms with E-state index in [-0.39, 0.29) is 12.0 Å². The maximum absolute atomic E-state index is 11.8. The van der Waals surface area contributed by atoms with Gasteiger partial charge in [0.15, 0.2) is 0 Å². The number of H-pyrrole nitrogens is 1. The highest BCUT2D eigenvalue weighted by Crippen LogP contribution is 2.27. The maximum Gasteiger partial charge on any atom is 0.338 e. The number of amides is 1. The predicted octanol–water partition coefficient (Wildman–Crippen LogP) is 0.224. The first-order chi connectivity index (χ1) is 9.93. The van der Waals surface area contributed by atoms with Gasteiger partial charge in [-0.15, -0.1) is 0 Å².